The molecule has 0 N–H and O–H groups in total. The first-order valence-corrected chi connectivity index (χ1v) is 4.87. The number of hydrogen-bond acceptors (Lipinski definition) is 1. The van der Waals surface area contributed by atoms with Crippen molar-refractivity contribution < 1.29 is 0 Å². The summed E-state index contributed by atoms with van der Waals surface area (Å²) in [7, 11) is 2.26. The van der Waals surface area contributed by atoms with E-state index in [4.69, 9.17) is 0 Å². The van der Waals surface area contributed by atoms with E-state index < -0.39 is 0 Å². The summed E-state index contributed by atoms with van der Waals surface area (Å²) in [5.74, 6) is 4.07. The Bertz CT molecular complexity index is 141. The predicted octanol–water partition coefficient (Wildman–Crippen LogP) is 1.84. The van der Waals surface area contributed by atoms with Crippen LogP contribution in [0.3, 0.4) is 0 Å². The zero-order chi connectivity index (χ0) is 8.01. The van der Waals surface area contributed by atoms with Gasteiger partial charge in [0.15, 0.2) is 0 Å². The first kappa shape index (κ1) is 7.60. The summed E-state index contributed by atoms with van der Waals surface area (Å²) in [4.78, 5) is 2.50. The quantitative estimate of drug-likeness (QED) is 0.555. The lowest BCUT2D eigenvalue weighted by Gasteiger charge is -2.54. The van der Waals surface area contributed by atoms with Crippen molar-refractivity contribution in [2.45, 2.75) is 20.3 Å². The van der Waals surface area contributed by atoms with Gasteiger partial charge >= 0.3 is 0 Å². The van der Waals surface area contributed by atoms with Crippen molar-refractivity contribution in [3.63, 3.8) is 0 Å². The molecule has 2 atom stereocenters. The molecule has 0 aromatic heterocycles. The van der Waals surface area contributed by atoms with Gasteiger partial charge in [0.05, 0.1) is 0 Å². The second kappa shape index (κ2) is 2.48. The van der Waals surface area contributed by atoms with Gasteiger partial charge in [-0.15, -0.1) is 0 Å². The largest absolute Gasteiger partial charge is 0.306 e. The van der Waals surface area contributed by atoms with Gasteiger partial charge in [-0.2, -0.15) is 0 Å². The summed E-state index contributed by atoms with van der Waals surface area (Å²) >= 11 is 0. The minimum atomic E-state index is 0.924. The van der Waals surface area contributed by atoms with Crippen LogP contribution in [0.25, 0.3) is 0 Å². The SMILES string of the molecule is CC(C)C1C2CC1CN(C)C2. The highest BCUT2D eigenvalue weighted by atomic mass is 15.1. The summed E-state index contributed by atoms with van der Waals surface area (Å²) < 4.78 is 0. The second-order valence-electron chi connectivity index (χ2n) is 4.80. The van der Waals surface area contributed by atoms with Crippen molar-refractivity contribution in [1.29, 1.82) is 0 Å². The van der Waals surface area contributed by atoms with Crippen LogP contribution < -0.4 is 0 Å². The topological polar surface area (TPSA) is 3.24 Å². The number of rotatable bonds is 1. The van der Waals surface area contributed by atoms with E-state index in [-0.39, 0.29) is 0 Å². The third-order valence-corrected chi connectivity index (χ3v) is 3.56. The first-order chi connectivity index (χ1) is 5.18. The number of fused-ring (bicyclic) bond motifs is 2. The Morgan fingerprint density at radius 2 is 1.73 bits per heavy atom. The van der Waals surface area contributed by atoms with Gasteiger partial charge in [-0.05, 0) is 37.1 Å². The molecule has 1 nitrogen and oxygen atoms in total. The van der Waals surface area contributed by atoms with Crippen LogP contribution >= 0.6 is 0 Å². The van der Waals surface area contributed by atoms with Crippen molar-refractivity contribution in [3.05, 3.63) is 0 Å². The first-order valence-electron chi connectivity index (χ1n) is 4.87. The van der Waals surface area contributed by atoms with Crippen LogP contribution in [0, 0.1) is 23.7 Å². The Hall–Kier alpha value is -0.0400. The Morgan fingerprint density at radius 1 is 1.18 bits per heavy atom. The Labute approximate surface area is 69.8 Å². The third kappa shape index (κ3) is 1.10. The van der Waals surface area contributed by atoms with Gasteiger partial charge in [-0.25, -0.2) is 0 Å². The molecule has 3 fully saturated rings. The molecule has 2 bridgehead atoms. The lowest BCUT2D eigenvalue weighted by atomic mass is 9.58. The van der Waals surface area contributed by atoms with E-state index in [2.05, 4.69) is 25.8 Å². The van der Waals surface area contributed by atoms with E-state index in [1.807, 2.05) is 0 Å². The van der Waals surface area contributed by atoms with Gasteiger partial charge in [0.25, 0.3) is 0 Å². The lowest BCUT2D eigenvalue weighted by Crippen LogP contribution is -2.55. The van der Waals surface area contributed by atoms with E-state index in [1.54, 1.807) is 0 Å². The van der Waals surface area contributed by atoms with Crippen LogP contribution in [0.2, 0.25) is 0 Å². The molecule has 1 aliphatic carbocycles. The zero-order valence-corrected chi connectivity index (χ0v) is 7.88. The van der Waals surface area contributed by atoms with Gasteiger partial charge in [-0.3, -0.25) is 0 Å². The summed E-state index contributed by atoms with van der Waals surface area (Å²) in [5.41, 5.74) is 0. The fraction of sp³-hybridized carbons (Fsp3) is 1.00. The maximum Gasteiger partial charge on any atom is 0.000970 e. The molecule has 0 radical (unpaired) electrons. The molecule has 1 saturated carbocycles. The highest BCUT2D eigenvalue weighted by Gasteiger charge is 2.46. The number of hydrogen-bond donors (Lipinski definition) is 0. The predicted molar refractivity (Wildman–Crippen MR) is 47.4 cm³/mol. The third-order valence-electron chi connectivity index (χ3n) is 3.56. The highest BCUT2D eigenvalue weighted by Crippen LogP contribution is 2.48. The van der Waals surface area contributed by atoms with E-state index >= 15 is 0 Å². The summed E-state index contributed by atoms with van der Waals surface area (Å²) in [5, 5.41) is 0. The van der Waals surface area contributed by atoms with E-state index in [0.717, 1.165) is 23.7 Å². The van der Waals surface area contributed by atoms with Gasteiger partial charge in [-0.1, -0.05) is 13.8 Å². The average molecular weight is 153 g/mol. The van der Waals surface area contributed by atoms with Gasteiger partial charge in [0.2, 0.25) is 0 Å². The monoisotopic (exact) mass is 153 g/mol. The Balaban J connectivity index is 1.98. The van der Waals surface area contributed by atoms with Crippen molar-refractivity contribution in [2.75, 3.05) is 20.1 Å². The smallest absolute Gasteiger partial charge is 0.000970 e. The van der Waals surface area contributed by atoms with Crippen molar-refractivity contribution >= 4 is 0 Å². The molecule has 1 heteroatoms. The molecule has 2 heterocycles. The highest BCUT2D eigenvalue weighted by molar-refractivity contribution is 4.97. The molecule has 0 aromatic rings. The van der Waals surface area contributed by atoms with E-state index in [9.17, 15) is 0 Å². The summed E-state index contributed by atoms with van der Waals surface area (Å²) in [6, 6.07) is 0. The minimum absolute atomic E-state index is 0.924. The van der Waals surface area contributed by atoms with E-state index in [1.165, 1.54) is 19.5 Å². The van der Waals surface area contributed by atoms with E-state index in [0.29, 0.717) is 0 Å². The van der Waals surface area contributed by atoms with Crippen LogP contribution in [-0.2, 0) is 0 Å². The molecule has 64 valence electrons. The molecule has 0 spiro atoms. The Morgan fingerprint density at radius 3 is 2.18 bits per heavy atom. The molecular weight excluding hydrogens is 134 g/mol. The fourth-order valence-corrected chi connectivity index (χ4v) is 3.25. The fourth-order valence-electron chi connectivity index (χ4n) is 3.25. The maximum absolute atomic E-state index is 2.50. The number of nitrogens with zero attached hydrogens (tertiary/aromatic N) is 1. The molecular formula is C10H19N. The maximum atomic E-state index is 2.50. The van der Waals surface area contributed by atoms with Crippen LogP contribution in [0.15, 0.2) is 0 Å². The molecule has 0 amide bonds. The number of piperidine rings is 2. The van der Waals surface area contributed by atoms with Crippen LogP contribution in [0.4, 0.5) is 0 Å². The zero-order valence-electron chi connectivity index (χ0n) is 7.88. The van der Waals surface area contributed by atoms with Crippen molar-refractivity contribution in [2.24, 2.45) is 23.7 Å². The molecule has 3 aliphatic rings. The molecule has 3 rings (SSSR count). The Kier molecular flexibility index (Phi) is 1.71. The normalized spacial score (nSPS) is 44.2. The molecule has 2 aliphatic heterocycles. The molecule has 2 saturated heterocycles. The second-order valence-corrected chi connectivity index (χ2v) is 4.80. The molecule has 0 aromatic carbocycles. The van der Waals surface area contributed by atoms with Gasteiger partial charge in [0.1, 0.15) is 0 Å². The molecule has 2 unspecified atom stereocenters. The van der Waals surface area contributed by atoms with Crippen molar-refractivity contribution in [1.82, 2.24) is 4.90 Å². The minimum Gasteiger partial charge on any atom is -0.306 e. The summed E-state index contributed by atoms with van der Waals surface area (Å²) in [6.45, 7) is 7.49. The van der Waals surface area contributed by atoms with Gasteiger partial charge < -0.3 is 4.90 Å². The van der Waals surface area contributed by atoms with Crippen LogP contribution in [0.1, 0.15) is 20.3 Å². The molecule has 11 heavy (non-hydrogen) atoms. The average Bonchev–Trinajstić information content (AvgIpc) is 1.84. The van der Waals surface area contributed by atoms with Crippen LogP contribution in [0.5, 0.6) is 0 Å². The van der Waals surface area contributed by atoms with Crippen molar-refractivity contribution in [3.8, 4) is 0 Å². The van der Waals surface area contributed by atoms with Crippen LogP contribution in [-0.4, -0.2) is 25.0 Å². The lowest BCUT2D eigenvalue weighted by molar-refractivity contribution is -0.0565. The standard InChI is InChI=1S/C10H19N/c1-7(2)10-8-4-9(10)6-11(3)5-8/h7-10H,4-6H2,1-3H3. The summed E-state index contributed by atoms with van der Waals surface area (Å²) in [6.07, 6.45) is 1.52. The van der Waals surface area contributed by atoms with Gasteiger partial charge in [0, 0.05) is 13.1 Å².